The first kappa shape index (κ1) is 18.7. The second-order valence-corrected chi connectivity index (χ2v) is 7.85. The number of amides is 1. The molecule has 4 rings (SSSR count). The highest BCUT2D eigenvalue weighted by atomic mass is 19.1. The molecule has 1 aromatic carbocycles. The Labute approximate surface area is 160 Å². The Morgan fingerprint density at radius 1 is 0.926 bits per heavy atom. The van der Waals surface area contributed by atoms with Gasteiger partial charge in [0, 0.05) is 90.1 Å². The van der Waals surface area contributed by atoms with Crippen molar-refractivity contribution in [3.63, 3.8) is 0 Å². The first-order chi connectivity index (χ1) is 13.2. The monoisotopic (exact) mass is 375 g/mol. The predicted molar refractivity (Wildman–Crippen MR) is 104 cm³/mol. The molecule has 0 atom stereocenters. The van der Waals surface area contributed by atoms with Crippen LogP contribution in [-0.4, -0.2) is 98.6 Å². The molecule has 3 fully saturated rings. The number of anilines is 1. The average Bonchev–Trinajstić information content (AvgIpc) is 2.86. The number of likely N-dealkylation sites (tertiary alicyclic amines) is 1. The molecule has 1 amide bonds. The van der Waals surface area contributed by atoms with Gasteiger partial charge in [-0.05, 0) is 24.3 Å². The molecule has 3 aliphatic rings. The normalized spacial score (nSPS) is 23.7. The van der Waals surface area contributed by atoms with E-state index in [1.54, 1.807) is 12.1 Å². The van der Waals surface area contributed by atoms with Gasteiger partial charge in [-0.3, -0.25) is 19.5 Å². The van der Waals surface area contributed by atoms with E-state index in [4.69, 9.17) is 0 Å². The fourth-order valence-corrected chi connectivity index (χ4v) is 4.27. The van der Waals surface area contributed by atoms with E-state index >= 15 is 0 Å². The van der Waals surface area contributed by atoms with Crippen LogP contribution >= 0.6 is 0 Å². The molecule has 148 valence electrons. The highest BCUT2D eigenvalue weighted by Gasteiger charge is 2.33. The minimum atomic E-state index is -0.171. The summed E-state index contributed by atoms with van der Waals surface area (Å²) in [6, 6.07) is 7.51. The topological polar surface area (TPSA) is 42.1 Å². The lowest BCUT2D eigenvalue weighted by atomic mass is 10.1. The lowest BCUT2D eigenvalue weighted by Crippen LogP contribution is -2.63. The van der Waals surface area contributed by atoms with Gasteiger partial charge in [-0.25, -0.2) is 4.39 Å². The molecule has 0 saturated carbocycles. The van der Waals surface area contributed by atoms with Crippen molar-refractivity contribution >= 4 is 11.6 Å². The van der Waals surface area contributed by atoms with Crippen molar-refractivity contribution in [2.24, 2.45) is 0 Å². The molecule has 1 aromatic rings. The van der Waals surface area contributed by atoms with Crippen molar-refractivity contribution < 1.29 is 9.18 Å². The van der Waals surface area contributed by atoms with Gasteiger partial charge < -0.3 is 10.2 Å². The minimum absolute atomic E-state index is 0.171. The third kappa shape index (κ3) is 4.78. The van der Waals surface area contributed by atoms with E-state index in [0.29, 0.717) is 12.5 Å². The molecule has 7 heteroatoms. The maximum absolute atomic E-state index is 13.1. The van der Waals surface area contributed by atoms with E-state index in [1.807, 2.05) is 12.1 Å². The second kappa shape index (κ2) is 8.54. The van der Waals surface area contributed by atoms with Gasteiger partial charge in [0.2, 0.25) is 5.91 Å². The Kier molecular flexibility index (Phi) is 5.90. The van der Waals surface area contributed by atoms with Crippen molar-refractivity contribution in [2.75, 3.05) is 76.9 Å². The van der Waals surface area contributed by atoms with Crippen LogP contribution in [0.4, 0.5) is 10.1 Å². The molecule has 0 unspecified atom stereocenters. The number of nitrogens with one attached hydrogen (secondary N) is 1. The quantitative estimate of drug-likeness (QED) is 0.810. The van der Waals surface area contributed by atoms with Crippen molar-refractivity contribution in [1.82, 2.24) is 20.0 Å². The number of rotatable bonds is 5. The first-order valence-electron chi connectivity index (χ1n) is 10.1. The van der Waals surface area contributed by atoms with Crippen molar-refractivity contribution in [3.8, 4) is 0 Å². The van der Waals surface area contributed by atoms with Gasteiger partial charge in [0.15, 0.2) is 0 Å². The van der Waals surface area contributed by atoms with Crippen molar-refractivity contribution in [2.45, 2.75) is 12.5 Å². The molecule has 0 aliphatic carbocycles. The van der Waals surface area contributed by atoms with Crippen molar-refractivity contribution in [3.05, 3.63) is 30.1 Å². The Hall–Kier alpha value is -1.70. The zero-order valence-electron chi connectivity index (χ0n) is 15.9. The molecule has 0 bridgehead atoms. The molecule has 0 aromatic heterocycles. The molecular formula is C20H30FN5O. The zero-order valence-corrected chi connectivity index (χ0v) is 15.9. The van der Waals surface area contributed by atoms with Crippen LogP contribution in [0, 0.1) is 5.82 Å². The van der Waals surface area contributed by atoms with E-state index in [0.717, 1.165) is 77.7 Å². The molecule has 6 nitrogen and oxygen atoms in total. The van der Waals surface area contributed by atoms with E-state index < -0.39 is 0 Å². The van der Waals surface area contributed by atoms with Gasteiger partial charge in [-0.15, -0.1) is 0 Å². The summed E-state index contributed by atoms with van der Waals surface area (Å²) in [7, 11) is 0. The van der Waals surface area contributed by atoms with Crippen LogP contribution in [-0.2, 0) is 4.79 Å². The number of carbonyl (C=O) groups is 1. The predicted octanol–water partition coefficient (Wildman–Crippen LogP) is 0.454. The molecule has 0 spiro atoms. The summed E-state index contributed by atoms with van der Waals surface area (Å²) >= 11 is 0. The lowest BCUT2D eigenvalue weighted by Gasteiger charge is -2.49. The number of piperazine rings is 1. The van der Waals surface area contributed by atoms with Gasteiger partial charge in [0.1, 0.15) is 5.82 Å². The number of hydrogen-bond donors (Lipinski definition) is 1. The third-order valence-electron chi connectivity index (χ3n) is 6.10. The molecule has 1 N–H and O–H groups in total. The summed E-state index contributed by atoms with van der Waals surface area (Å²) in [5, 5.41) is 2.93. The van der Waals surface area contributed by atoms with Gasteiger partial charge >= 0.3 is 0 Å². The maximum atomic E-state index is 13.1. The third-order valence-corrected chi connectivity index (χ3v) is 6.10. The minimum Gasteiger partial charge on any atom is -0.369 e. The maximum Gasteiger partial charge on any atom is 0.221 e. The van der Waals surface area contributed by atoms with Crippen LogP contribution in [0.2, 0.25) is 0 Å². The summed E-state index contributed by atoms with van der Waals surface area (Å²) in [5.41, 5.74) is 1.12. The van der Waals surface area contributed by atoms with Crippen LogP contribution in [0.5, 0.6) is 0 Å². The molecule has 27 heavy (non-hydrogen) atoms. The summed E-state index contributed by atoms with van der Waals surface area (Å²) < 4.78 is 13.1. The molecule has 3 aliphatic heterocycles. The molecule has 3 saturated heterocycles. The van der Waals surface area contributed by atoms with E-state index in [9.17, 15) is 9.18 Å². The zero-order chi connectivity index (χ0) is 18.6. The lowest BCUT2D eigenvalue weighted by molar-refractivity contribution is -0.120. The number of benzene rings is 1. The Balaban J connectivity index is 1.14. The van der Waals surface area contributed by atoms with Gasteiger partial charge in [0.25, 0.3) is 0 Å². The Morgan fingerprint density at radius 2 is 1.63 bits per heavy atom. The number of hydrogen-bond acceptors (Lipinski definition) is 5. The van der Waals surface area contributed by atoms with Crippen LogP contribution < -0.4 is 10.2 Å². The largest absolute Gasteiger partial charge is 0.369 e. The molecule has 3 heterocycles. The fraction of sp³-hybridized carbons (Fsp3) is 0.650. The summed E-state index contributed by atoms with van der Waals surface area (Å²) in [6.07, 6.45) is 0.626. The van der Waals surface area contributed by atoms with Crippen LogP contribution in [0.15, 0.2) is 24.3 Å². The molecular weight excluding hydrogens is 345 g/mol. The Bertz CT molecular complexity index is 626. The van der Waals surface area contributed by atoms with Crippen LogP contribution in [0.3, 0.4) is 0 Å². The van der Waals surface area contributed by atoms with Gasteiger partial charge in [-0.1, -0.05) is 0 Å². The highest BCUT2D eigenvalue weighted by molar-refractivity contribution is 5.76. The number of halogens is 1. The Morgan fingerprint density at radius 3 is 2.37 bits per heavy atom. The standard InChI is InChI=1S/C20H30FN5O/c21-17-1-3-18(4-2-17)25-11-13-26(14-12-25)19-15-24(16-19)10-9-23-7-5-20(27)22-6-8-23/h1-4,19H,5-16H2,(H,22,27). The van der Waals surface area contributed by atoms with E-state index in [-0.39, 0.29) is 11.7 Å². The average molecular weight is 375 g/mol. The van der Waals surface area contributed by atoms with E-state index in [1.165, 1.54) is 0 Å². The van der Waals surface area contributed by atoms with E-state index in [2.05, 4.69) is 24.9 Å². The van der Waals surface area contributed by atoms with Crippen molar-refractivity contribution in [1.29, 1.82) is 0 Å². The fourth-order valence-electron chi connectivity index (χ4n) is 4.27. The first-order valence-corrected chi connectivity index (χ1v) is 10.1. The smallest absolute Gasteiger partial charge is 0.221 e. The van der Waals surface area contributed by atoms with Gasteiger partial charge in [-0.2, -0.15) is 0 Å². The number of carbonyl (C=O) groups excluding carboxylic acids is 1. The second-order valence-electron chi connectivity index (χ2n) is 7.85. The number of nitrogens with zero attached hydrogens (tertiary/aromatic N) is 4. The summed E-state index contributed by atoms with van der Waals surface area (Å²) in [5.74, 6) is 0.0104. The molecule has 0 radical (unpaired) electrons. The summed E-state index contributed by atoms with van der Waals surface area (Å²) in [6.45, 7) is 11.3. The SMILES string of the molecule is O=C1CCN(CCN2CC(N3CCN(c4ccc(F)cc4)CC3)C2)CCN1. The van der Waals surface area contributed by atoms with Gasteiger partial charge in [0.05, 0.1) is 0 Å². The van der Waals surface area contributed by atoms with Crippen LogP contribution in [0.25, 0.3) is 0 Å². The highest BCUT2D eigenvalue weighted by Crippen LogP contribution is 2.21. The van der Waals surface area contributed by atoms with Crippen LogP contribution in [0.1, 0.15) is 6.42 Å². The summed E-state index contributed by atoms with van der Waals surface area (Å²) in [4.78, 5) is 21.3.